The highest BCUT2D eigenvalue weighted by molar-refractivity contribution is 7.25. The largest absolute Gasteiger partial charge is 0.208 e. The highest BCUT2D eigenvalue weighted by Gasteiger charge is 2.36. The summed E-state index contributed by atoms with van der Waals surface area (Å²) in [4.78, 5) is 15.3. The second kappa shape index (κ2) is 10.9. The van der Waals surface area contributed by atoms with Crippen LogP contribution in [0.5, 0.6) is 0 Å². The summed E-state index contributed by atoms with van der Waals surface area (Å²) in [7, 11) is 0. The van der Waals surface area contributed by atoms with E-state index in [0.29, 0.717) is 17.5 Å². The molecule has 244 valence electrons. The van der Waals surface area contributed by atoms with E-state index in [9.17, 15) is 0 Å². The van der Waals surface area contributed by atoms with Crippen LogP contribution < -0.4 is 0 Å². The minimum absolute atomic E-state index is 0.0338. The highest BCUT2D eigenvalue weighted by atomic mass is 32.1. The van der Waals surface area contributed by atoms with Gasteiger partial charge in [0.15, 0.2) is 17.5 Å². The van der Waals surface area contributed by atoms with Gasteiger partial charge in [-0.25, -0.2) is 15.0 Å². The normalized spacial score (nSPS) is 13.3. The van der Waals surface area contributed by atoms with Crippen LogP contribution in [0.3, 0.4) is 0 Å². The Morgan fingerprint density at radius 1 is 0.423 bits per heavy atom. The van der Waals surface area contributed by atoms with Crippen molar-refractivity contribution in [3.63, 3.8) is 0 Å². The van der Waals surface area contributed by atoms with E-state index in [2.05, 4.69) is 147 Å². The number of benzene rings is 8. The number of hydrogen-bond acceptors (Lipinski definition) is 4. The Morgan fingerprint density at radius 2 is 1.06 bits per heavy atom. The van der Waals surface area contributed by atoms with Gasteiger partial charge in [-0.3, -0.25) is 0 Å². The number of rotatable bonds is 3. The zero-order chi connectivity index (χ0) is 34.6. The van der Waals surface area contributed by atoms with Gasteiger partial charge in [0.25, 0.3) is 0 Å². The molecule has 2 heterocycles. The highest BCUT2D eigenvalue weighted by Crippen LogP contribution is 2.52. The summed E-state index contributed by atoms with van der Waals surface area (Å²) in [5.74, 6) is 2.00. The minimum atomic E-state index is -0.0338. The predicted octanol–water partition coefficient (Wildman–Crippen LogP) is 13.0. The van der Waals surface area contributed by atoms with E-state index in [-0.39, 0.29) is 5.41 Å². The third kappa shape index (κ3) is 4.28. The van der Waals surface area contributed by atoms with Crippen molar-refractivity contribution >= 4 is 63.8 Å². The molecule has 10 aromatic rings. The Hall–Kier alpha value is -6.23. The van der Waals surface area contributed by atoms with Crippen molar-refractivity contribution in [2.24, 2.45) is 0 Å². The Labute approximate surface area is 304 Å². The van der Waals surface area contributed by atoms with Gasteiger partial charge < -0.3 is 0 Å². The zero-order valence-corrected chi connectivity index (χ0v) is 29.5. The molecule has 0 amide bonds. The quantitative estimate of drug-likeness (QED) is 0.174. The molecule has 0 spiro atoms. The second-order valence-electron chi connectivity index (χ2n) is 14.4. The molecule has 0 atom stereocenters. The summed E-state index contributed by atoms with van der Waals surface area (Å²) in [5.41, 5.74) is 8.39. The Morgan fingerprint density at radius 3 is 1.92 bits per heavy atom. The number of nitrogens with zero attached hydrogens (tertiary/aromatic N) is 3. The van der Waals surface area contributed by atoms with Crippen molar-refractivity contribution in [1.82, 2.24) is 15.0 Å². The molecule has 4 heteroatoms. The van der Waals surface area contributed by atoms with Gasteiger partial charge in [-0.05, 0) is 84.9 Å². The van der Waals surface area contributed by atoms with Gasteiger partial charge in [0.1, 0.15) is 0 Å². The molecule has 2 aromatic heterocycles. The van der Waals surface area contributed by atoms with E-state index >= 15 is 0 Å². The van der Waals surface area contributed by atoms with Gasteiger partial charge in [0, 0.05) is 42.3 Å². The molecule has 1 aliphatic rings. The lowest BCUT2D eigenvalue weighted by Crippen LogP contribution is -2.14. The van der Waals surface area contributed by atoms with Gasteiger partial charge in [-0.15, -0.1) is 11.3 Å². The molecule has 0 aliphatic heterocycles. The topological polar surface area (TPSA) is 38.7 Å². The van der Waals surface area contributed by atoms with Crippen LogP contribution in [0.2, 0.25) is 0 Å². The Kier molecular flexibility index (Phi) is 6.17. The van der Waals surface area contributed by atoms with Crippen molar-refractivity contribution in [2.45, 2.75) is 19.3 Å². The molecule has 0 unspecified atom stereocenters. The molecule has 1 aliphatic carbocycles. The molecule has 0 fully saturated rings. The molecular formula is C48H31N3S. The fourth-order valence-electron chi connectivity index (χ4n) is 8.53. The van der Waals surface area contributed by atoms with Crippen LogP contribution in [0.1, 0.15) is 25.0 Å². The molecule has 0 N–H and O–H groups in total. The maximum atomic E-state index is 5.15. The van der Waals surface area contributed by atoms with Gasteiger partial charge in [0.05, 0.1) is 0 Å². The third-order valence-corrected chi connectivity index (χ3v) is 12.3. The van der Waals surface area contributed by atoms with Crippen LogP contribution in [-0.2, 0) is 5.41 Å². The molecular weight excluding hydrogens is 651 g/mol. The van der Waals surface area contributed by atoms with E-state index < -0.39 is 0 Å². The Balaban J connectivity index is 1.10. The van der Waals surface area contributed by atoms with Gasteiger partial charge in [-0.1, -0.05) is 135 Å². The summed E-state index contributed by atoms with van der Waals surface area (Å²) in [6, 6.07) is 54.7. The lowest BCUT2D eigenvalue weighted by Gasteiger charge is -2.21. The summed E-state index contributed by atoms with van der Waals surface area (Å²) >= 11 is 1.82. The SMILES string of the molecule is CC1(C)c2ccccc2-c2c1ccc1c2ccc2ccc3cc(-c4nc(-c5ccccc5)nc(-c5ccc6sc7ccccc7c6c5)n4)ccc3c21. The first-order valence-corrected chi connectivity index (χ1v) is 18.6. The van der Waals surface area contributed by atoms with E-state index in [4.69, 9.17) is 15.0 Å². The molecule has 3 nitrogen and oxygen atoms in total. The van der Waals surface area contributed by atoms with Crippen LogP contribution in [0.25, 0.3) is 97.8 Å². The maximum Gasteiger partial charge on any atom is 0.164 e. The summed E-state index contributed by atoms with van der Waals surface area (Å²) in [6.45, 7) is 4.69. The predicted molar refractivity (Wildman–Crippen MR) is 219 cm³/mol. The van der Waals surface area contributed by atoms with Crippen molar-refractivity contribution < 1.29 is 0 Å². The van der Waals surface area contributed by atoms with Crippen molar-refractivity contribution in [3.05, 3.63) is 163 Å². The van der Waals surface area contributed by atoms with E-state index in [1.54, 1.807) is 0 Å². The summed E-state index contributed by atoms with van der Waals surface area (Å²) < 4.78 is 2.54. The fourth-order valence-corrected chi connectivity index (χ4v) is 9.61. The summed E-state index contributed by atoms with van der Waals surface area (Å²) in [6.07, 6.45) is 0. The van der Waals surface area contributed by atoms with Crippen LogP contribution in [0, 0.1) is 0 Å². The van der Waals surface area contributed by atoms with Gasteiger partial charge >= 0.3 is 0 Å². The average molecular weight is 682 g/mol. The van der Waals surface area contributed by atoms with E-state index in [1.807, 2.05) is 29.5 Å². The van der Waals surface area contributed by atoms with E-state index in [0.717, 1.165) is 22.1 Å². The number of hydrogen-bond donors (Lipinski definition) is 0. The van der Waals surface area contributed by atoms with Crippen LogP contribution in [-0.4, -0.2) is 15.0 Å². The average Bonchev–Trinajstić information content (AvgIpc) is 3.69. The first-order valence-electron chi connectivity index (χ1n) is 17.8. The fraction of sp³-hybridized carbons (Fsp3) is 0.0625. The van der Waals surface area contributed by atoms with Gasteiger partial charge in [0.2, 0.25) is 0 Å². The standard InChI is InChI=1S/C48H31N3S/c1-48(2)39-14-8-6-13-37(39)44-36-22-18-28-16-17-30-26-31(19-21-33(30)43(28)35(36)23-24-40(44)48)46-49-45(29-10-4-3-5-11-29)50-47(51-46)32-20-25-42-38(27-32)34-12-7-9-15-41(34)52-42/h3-27H,1-2H3. The zero-order valence-electron chi connectivity index (χ0n) is 28.7. The van der Waals surface area contributed by atoms with Gasteiger partial charge in [-0.2, -0.15) is 0 Å². The van der Waals surface area contributed by atoms with Crippen LogP contribution in [0.4, 0.5) is 0 Å². The number of thiophene rings is 1. The van der Waals surface area contributed by atoms with Crippen molar-refractivity contribution in [3.8, 4) is 45.3 Å². The molecule has 0 saturated carbocycles. The van der Waals surface area contributed by atoms with Crippen molar-refractivity contribution in [2.75, 3.05) is 0 Å². The molecule has 8 aromatic carbocycles. The lowest BCUT2D eigenvalue weighted by molar-refractivity contribution is 0.661. The first-order chi connectivity index (χ1) is 25.5. The summed E-state index contributed by atoms with van der Waals surface area (Å²) in [5, 5.41) is 9.99. The first kappa shape index (κ1) is 29.5. The number of aromatic nitrogens is 3. The van der Waals surface area contributed by atoms with E-state index in [1.165, 1.54) is 69.4 Å². The minimum Gasteiger partial charge on any atom is -0.208 e. The van der Waals surface area contributed by atoms with Crippen LogP contribution >= 0.6 is 11.3 Å². The molecule has 11 rings (SSSR count). The lowest BCUT2D eigenvalue weighted by atomic mass is 9.82. The van der Waals surface area contributed by atoms with Crippen LogP contribution in [0.15, 0.2) is 152 Å². The molecule has 52 heavy (non-hydrogen) atoms. The second-order valence-corrected chi connectivity index (χ2v) is 15.5. The molecule has 0 radical (unpaired) electrons. The van der Waals surface area contributed by atoms with Crippen molar-refractivity contribution in [1.29, 1.82) is 0 Å². The monoisotopic (exact) mass is 681 g/mol. The smallest absolute Gasteiger partial charge is 0.164 e. The maximum absolute atomic E-state index is 5.15. The molecule has 0 bridgehead atoms. The third-order valence-electron chi connectivity index (χ3n) is 11.1. The number of fused-ring (bicyclic) bond motifs is 12. The molecule has 0 saturated heterocycles. The Bertz CT molecular complexity index is 3100.